The molecule has 0 bridgehead atoms. The normalized spacial score (nSPS) is 17.8. The second-order valence-corrected chi connectivity index (χ2v) is 5.56. The summed E-state index contributed by atoms with van der Waals surface area (Å²) in [5.74, 6) is 0.0945. The van der Waals surface area contributed by atoms with Gasteiger partial charge in [-0.3, -0.25) is 9.59 Å². The third-order valence-corrected chi connectivity index (χ3v) is 3.89. The standard InChI is InChI=1S/C16H22N2O3/c1-12-2-4-14(5-3-12)16(21)17-10-15(20)18-8-6-13(11-18)7-9-19/h2-5,13,19H,6-11H2,1H3,(H,17,21). The number of hydrogen-bond acceptors (Lipinski definition) is 3. The van der Waals surface area contributed by atoms with Crippen molar-refractivity contribution in [1.82, 2.24) is 10.2 Å². The number of hydrogen-bond donors (Lipinski definition) is 2. The first-order valence-electron chi connectivity index (χ1n) is 7.33. The van der Waals surface area contributed by atoms with E-state index in [4.69, 9.17) is 5.11 Å². The van der Waals surface area contributed by atoms with E-state index in [1.54, 1.807) is 17.0 Å². The lowest BCUT2D eigenvalue weighted by Crippen LogP contribution is -2.39. The van der Waals surface area contributed by atoms with Gasteiger partial charge in [-0.05, 0) is 37.8 Å². The van der Waals surface area contributed by atoms with Crippen molar-refractivity contribution in [2.45, 2.75) is 19.8 Å². The lowest BCUT2D eigenvalue weighted by Gasteiger charge is -2.16. The maximum atomic E-state index is 12.0. The number of nitrogens with one attached hydrogen (secondary N) is 1. The van der Waals surface area contributed by atoms with Crippen LogP contribution in [-0.2, 0) is 4.79 Å². The monoisotopic (exact) mass is 290 g/mol. The minimum absolute atomic E-state index is 0.0263. The highest BCUT2D eigenvalue weighted by molar-refractivity contribution is 5.96. The molecule has 1 fully saturated rings. The van der Waals surface area contributed by atoms with Crippen molar-refractivity contribution < 1.29 is 14.7 Å². The molecule has 2 amide bonds. The molecule has 0 saturated carbocycles. The molecule has 0 radical (unpaired) electrons. The van der Waals surface area contributed by atoms with Crippen molar-refractivity contribution in [2.75, 3.05) is 26.2 Å². The zero-order valence-electron chi connectivity index (χ0n) is 12.3. The van der Waals surface area contributed by atoms with E-state index in [0.717, 1.165) is 18.4 Å². The van der Waals surface area contributed by atoms with Crippen LogP contribution in [0.5, 0.6) is 0 Å². The Kier molecular flexibility index (Phi) is 5.33. The number of aliphatic hydroxyl groups excluding tert-OH is 1. The van der Waals surface area contributed by atoms with Gasteiger partial charge < -0.3 is 15.3 Å². The smallest absolute Gasteiger partial charge is 0.251 e. The Morgan fingerprint density at radius 3 is 2.71 bits per heavy atom. The second kappa shape index (κ2) is 7.22. The van der Waals surface area contributed by atoms with E-state index in [1.807, 2.05) is 19.1 Å². The molecule has 114 valence electrons. The van der Waals surface area contributed by atoms with Crippen molar-refractivity contribution in [3.05, 3.63) is 35.4 Å². The first-order chi connectivity index (χ1) is 10.1. The minimum Gasteiger partial charge on any atom is -0.396 e. The average Bonchev–Trinajstić information content (AvgIpc) is 2.94. The van der Waals surface area contributed by atoms with Gasteiger partial charge in [-0.1, -0.05) is 17.7 Å². The molecule has 0 aromatic heterocycles. The molecule has 5 nitrogen and oxygen atoms in total. The summed E-state index contributed by atoms with van der Waals surface area (Å²) in [4.78, 5) is 25.7. The number of nitrogens with zero attached hydrogens (tertiary/aromatic N) is 1. The third kappa shape index (κ3) is 4.29. The van der Waals surface area contributed by atoms with Crippen molar-refractivity contribution in [3.8, 4) is 0 Å². The summed E-state index contributed by atoms with van der Waals surface area (Å²) in [6.45, 7) is 3.54. The van der Waals surface area contributed by atoms with E-state index in [9.17, 15) is 9.59 Å². The van der Waals surface area contributed by atoms with Crippen LogP contribution < -0.4 is 5.32 Å². The van der Waals surface area contributed by atoms with Gasteiger partial charge in [0.15, 0.2) is 0 Å². The number of aryl methyl sites for hydroxylation is 1. The molecule has 1 heterocycles. The van der Waals surface area contributed by atoms with Crippen molar-refractivity contribution in [1.29, 1.82) is 0 Å². The molecule has 0 spiro atoms. The van der Waals surface area contributed by atoms with E-state index >= 15 is 0 Å². The van der Waals surface area contributed by atoms with Crippen molar-refractivity contribution in [3.63, 3.8) is 0 Å². The Morgan fingerprint density at radius 1 is 1.33 bits per heavy atom. The van der Waals surface area contributed by atoms with Crippen LogP contribution in [0.3, 0.4) is 0 Å². The molecule has 21 heavy (non-hydrogen) atoms. The van der Waals surface area contributed by atoms with Crippen LogP contribution in [0.1, 0.15) is 28.8 Å². The van der Waals surface area contributed by atoms with Gasteiger partial charge in [0.1, 0.15) is 0 Å². The quantitative estimate of drug-likeness (QED) is 0.848. The fourth-order valence-electron chi connectivity index (χ4n) is 2.55. The minimum atomic E-state index is -0.227. The van der Waals surface area contributed by atoms with E-state index in [0.29, 0.717) is 24.6 Å². The highest BCUT2D eigenvalue weighted by atomic mass is 16.3. The van der Waals surface area contributed by atoms with Gasteiger partial charge >= 0.3 is 0 Å². The summed E-state index contributed by atoms with van der Waals surface area (Å²) in [7, 11) is 0. The maximum Gasteiger partial charge on any atom is 0.251 e. The maximum absolute atomic E-state index is 12.0. The first-order valence-corrected chi connectivity index (χ1v) is 7.33. The molecule has 1 aliphatic rings. The summed E-state index contributed by atoms with van der Waals surface area (Å²) >= 11 is 0. The molecule has 1 aliphatic heterocycles. The molecule has 2 rings (SSSR count). The summed E-state index contributed by atoms with van der Waals surface area (Å²) < 4.78 is 0. The third-order valence-electron chi connectivity index (χ3n) is 3.89. The van der Waals surface area contributed by atoms with Gasteiger partial charge in [0.2, 0.25) is 5.91 Å². The largest absolute Gasteiger partial charge is 0.396 e. The summed E-state index contributed by atoms with van der Waals surface area (Å²) in [5, 5.41) is 11.6. The van der Waals surface area contributed by atoms with Crippen LogP contribution in [0.2, 0.25) is 0 Å². The zero-order valence-corrected chi connectivity index (χ0v) is 12.3. The van der Waals surface area contributed by atoms with Crippen LogP contribution in [0.4, 0.5) is 0 Å². The fourth-order valence-corrected chi connectivity index (χ4v) is 2.55. The molecule has 1 unspecified atom stereocenters. The van der Waals surface area contributed by atoms with E-state index in [-0.39, 0.29) is 25.0 Å². The van der Waals surface area contributed by atoms with Gasteiger partial charge in [0.05, 0.1) is 6.54 Å². The fraction of sp³-hybridized carbons (Fsp3) is 0.500. The average molecular weight is 290 g/mol. The Morgan fingerprint density at radius 2 is 2.05 bits per heavy atom. The highest BCUT2D eigenvalue weighted by Gasteiger charge is 2.25. The Balaban J connectivity index is 1.79. The zero-order chi connectivity index (χ0) is 15.2. The molecule has 0 aliphatic carbocycles. The lowest BCUT2D eigenvalue weighted by molar-refractivity contribution is -0.129. The summed E-state index contributed by atoms with van der Waals surface area (Å²) in [5.41, 5.74) is 1.66. The Labute approximate surface area is 125 Å². The molecule has 1 aromatic carbocycles. The van der Waals surface area contributed by atoms with E-state index < -0.39 is 0 Å². The van der Waals surface area contributed by atoms with Crippen LogP contribution in [0.25, 0.3) is 0 Å². The van der Waals surface area contributed by atoms with Crippen LogP contribution in [0.15, 0.2) is 24.3 Å². The van der Waals surface area contributed by atoms with Crippen LogP contribution in [-0.4, -0.2) is 48.1 Å². The number of rotatable bonds is 5. The molecule has 1 atom stereocenters. The SMILES string of the molecule is Cc1ccc(C(=O)NCC(=O)N2CCC(CCO)C2)cc1. The van der Waals surface area contributed by atoms with Crippen molar-refractivity contribution >= 4 is 11.8 Å². The summed E-state index contributed by atoms with van der Waals surface area (Å²) in [6, 6.07) is 7.25. The number of amides is 2. The number of carbonyl (C=O) groups is 2. The molecular formula is C16H22N2O3. The number of aliphatic hydroxyl groups is 1. The number of benzene rings is 1. The van der Waals surface area contributed by atoms with E-state index in [2.05, 4.69) is 5.32 Å². The van der Waals surface area contributed by atoms with Gasteiger partial charge in [-0.25, -0.2) is 0 Å². The van der Waals surface area contributed by atoms with Gasteiger partial charge in [0.25, 0.3) is 5.91 Å². The molecular weight excluding hydrogens is 268 g/mol. The van der Waals surface area contributed by atoms with E-state index in [1.165, 1.54) is 0 Å². The topological polar surface area (TPSA) is 69.6 Å². The van der Waals surface area contributed by atoms with Crippen LogP contribution in [0, 0.1) is 12.8 Å². The molecule has 2 N–H and O–H groups in total. The Bertz CT molecular complexity index is 499. The molecule has 5 heteroatoms. The number of likely N-dealkylation sites (tertiary alicyclic amines) is 1. The van der Waals surface area contributed by atoms with Crippen molar-refractivity contribution in [2.24, 2.45) is 5.92 Å². The van der Waals surface area contributed by atoms with Gasteiger partial charge in [-0.2, -0.15) is 0 Å². The summed E-state index contributed by atoms with van der Waals surface area (Å²) in [6.07, 6.45) is 1.66. The highest BCUT2D eigenvalue weighted by Crippen LogP contribution is 2.18. The second-order valence-electron chi connectivity index (χ2n) is 5.56. The predicted molar refractivity (Wildman–Crippen MR) is 79.9 cm³/mol. The predicted octanol–water partition coefficient (Wildman–Crippen LogP) is 0.956. The van der Waals surface area contributed by atoms with Gasteiger partial charge in [-0.15, -0.1) is 0 Å². The molecule has 1 aromatic rings. The number of carbonyl (C=O) groups excluding carboxylic acids is 2. The Hall–Kier alpha value is -1.88. The van der Waals surface area contributed by atoms with Crippen LogP contribution >= 0.6 is 0 Å². The van der Waals surface area contributed by atoms with Gasteiger partial charge in [0, 0.05) is 25.3 Å². The molecule has 1 saturated heterocycles. The lowest BCUT2D eigenvalue weighted by atomic mass is 10.1. The first kappa shape index (κ1) is 15.5.